The van der Waals surface area contributed by atoms with Gasteiger partial charge in [0.1, 0.15) is 11.6 Å². The fraction of sp³-hybridized carbons (Fsp3) is 0.105. The molecule has 0 atom stereocenters. The Hall–Kier alpha value is -2.99. The predicted octanol–water partition coefficient (Wildman–Crippen LogP) is 5.09. The third-order valence-corrected chi connectivity index (χ3v) is 4.05. The number of nitrogens with one attached hydrogen (secondary N) is 1. The molecule has 0 saturated heterocycles. The van der Waals surface area contributed by atoms with Crippen LogP contribution in [0.4, 0.5) is 15.0 Å². The number of carbonyl (C=O) groups excluding carboxylic acids is 1. The van der Waals surface area contributed by atoms with Gasteiger partial charge in [0, 0.05) is 39.8 Å². The first-order valence-corrected chi connectivity index (χ1v) is 8.09. The molecule has 0 unspecified atom stereocenters. The Kier molecular flexibility index (Phi) is 5.14. The van der Waals surface area contributed by atoms with Crippen molar-refractivity contribution in [1.82, 2.24) is 9.97 Å². The number of aromatic nitrogens is 2. The summed E-state index contributed by atoms with van der Waals surface area (Å²) < 4.78 is 18.9. The molecule has 2 aromatic heterocycles. The number of benzene rings is 1. The topological polar surface area (TPSA) is 64.1 Å². The second-order valence-electron chi connectivity index (χ2n) is 5.53. The van der Waals surface area contributed by atoms with Gasteiger partial charge in [0.25, 0.3) is 0 Å². The molecule has 7 heteroatoms. The van der Waals surface area contributed by atoms with E-state index >= 15 is 0 Å². The molecule has 0 spiro atoms. The largest absolute Gasteiger partial charge is 0.453 e. The highest BCUT2D eigenvalue weighted by Gasteiger charge is 2.12. The molecule has 2 heterocycles. The number of hydrogen-bond donors (Lipinski definition) is 1. The van der Waals surface area contributed by atoms with Crippen molar-refractivity contribution < 1.29 is 13.9 Å². The highest BCUT2D eigenvalue weighted by Crippen LogP contribution is 2.31. The van der Waals surface area contributed by atoms with E-state index in [-0.39, 0.29) is 0 Å². The second-order valence-corrected chi connectivity index (χ2v) is 5.96. The molecule has 132 valence electrons. The van der Waals surface area contributed by atoms with E-state index in [2.05, 4.69) is 20.0 Å². The van der Waals surface area contributed by atoms with Gasteiger partial charge in [-0.2, -0.15) is 0 Å². The Morgan fingerprint density at radius 2 is 1.92 bits per heavy atom. The van der Waals surface area contributed by atoms with E-state index in [9.17, 15) is 9.18 Å². The number of methoxy groups -OCH3 is 1. The molecule has 3 aromatic rings. The SMILES string of the molecule is COC(=O)Nc1cc(-c2cnc(C)c(-c3ccc(Cl)cc3F)c2)ccn1. The maximum absolute atomic E-state index is 14.3. The van der Waals surface area contributed by atoms with Gasteiger partial charge in [-0.3, -0.25) is 10.3 Å². The summed E-state index contributed by atoms with van der Waals surface area (Å²) in [4.78, 5) is 19.8. The zero-order valence-corrected chi connectivity index (χ0v) is 14.8. The monoisotopic (exact) mass is 371 g/mol. The Bertz CT molecular complexity index is 979. The molecule has 0 radical (unpaired) electrons. The Morgan fingerprint density at radius 3 is 2.65 bits per heavy atom. The lowest BCUT2D eigenvalue weighted by Crippen LogP contribution is -2.11. The Morgan fingerprint density at radius 1 is 1.12 bits per heavy atom. The summed E-state index contributed by atoms with van der Waals surface area (Å²) >= 11 is 5.83. The number of carbonyl (C=O) groups is 1. The standard InChI is InChI=1S/C19H15ClFN3O2/c1-11-16(15-4-3-14(20)9-17(15)21)7-13(10-23-11)12-5-6-22-18(8-12)24-19(25)26-2/h3-10H,1-2H3,(H,22,24,25). The van der Waals surface area contributed by atoms with Gasteiger partial charge in [0.2, 0.25) is 0 Å². The van der Waals surface area contributed by atoms with Crippen LogP contribution in [-0.2, 0) is 4.74 Å². The minimum Gasteiger partial charge on any atom is -0.453 e. The van der Waals surface area contributed by atoms with Crippen LogP contribution in [0.2, 0.25) is 5.02 Å². The number of halogens is 2. The maximum atomic E-state index is 14.3. The number of ether oxygens (including phenoxy) is 1. The van der Waals surface area contributed by atoms with Crippen molar-refractivity contribution in [2.24, 2.45) is 0 Å². The van der Waals surface area contributed by atoms with Crippen molar-refractivity contribution in [2.45, 2.75) is 6.92 Å². The predicted molar refractivity (Wildman–Crippen MR) is 98.6 cm³/mol. The van der Waals surface area contributed by atoms with Crippen molar-refractivity contribution in [3.8, 4) is 22.3 Å². The van der Waals surface area contributed by atoms with Gasteiger partial charge >= 0.3 is 6.09 Å². The highest BCUT2D eigenvalue weighted by molar-refractivity contribution is 6.30. The zero-order chi connectivity index (χ0) is 18.7. The van der Waals surface area contributed by atoms with Gasteiger partial charge < -0.3 is 4.74 Å². The molecular formula is C19H15ClFN3O2. The smallest absolute Gasteiger partial charge is 0.412 e. The molecule has 0 bridgehead atoms. The average Bonchev–Trinajstić information content (AvgIpc) is 2.63. The number of amides is 1. The minimum atomic E-state index is -0.611. The first-order valence-electron chi connectivity index (χ1n) is 7.71. The number of anilines is 1. The first-order chi connectivity index (χ1) is 12.5. The summed E-state index contributed by atoms with van der Waals surface area (Å²) in [6, 6.07) is 9.83. The molecule has 1 aromatic carbocycles. The highest BCUT2D eigenvalue weighted by atomic mass is 35.5. The molecule has 0 fully saturated rings. The number of rotatable bonds is 3. The fourth-order valence-electron chi connectivity index (χ4n) is 2.51. The van der Waals surface area contributed by atoms with Crippen molar-refractivity contribution in [2.75, 3.05) is 12.4 Å². The molecule has 26 heavy (non-hydrogen) atoms. The number of pyridine rings is 2. The zero-order valence-electron chi connectivity index (χ0n) is 14.1. The third-order valence-electron chi connectivity index (χ3n) is 3.82. The lowest BCUT2D eigenvalue weighted by molar-refractivity contribution is 0.187. The van der Waals surface area contributed by atoms with E-state index in [0.717, 1.165) is 11.1 Å². The molecule has 1 amide bonds. The van der Waals surface area contributed by atoms with Crippen LogP contribution < -0.4 is 5.32 Å². The number of aryl methyl sites for hydroxylation is 1. The molecule has 3 rings (SSSR count). The molecule has 0 aliphatic heterocycles. The average molecular weight is 372 g/mol. The van der Waals surface area contributed by atoms with Crippen LogP contribution in [0.25, 0.3) is 22.3 Å². The van der Waals surface area contributed by atoms with E-state index < -0.39 is 11.9 Å². The molecule has 0 aliphatic carbocycles. The summed E-state index contributed by atoms with van der Waals surface area (Å²) in [5.74, 6) is -0.0727. The Balaban J connectivity index is 2.02. The van der Waals surface area contributed by atoms with E-state index in [0.29, 0.717) is 27.7 Å². The van der Waals surface area contributed by atoms with Crippen LogP contribution in [0, 0.1) is 12.7 Å². The second kappa shape index (κ2) is 7.49. The molecule has 0 saturated carbocycles. The lowest BCUT2D eigenvalue weighted by Gasteiger charge is -2.11. The fourth-order valence-corrected chi connectivity index (χ4v) is 2.66. The van der Waals surface area contributed by atoms with E-state index in [4.69, 9.17) is 11.6 Å². The van der Waals surface area contributed by atoms with Gasteiger partial charge in [0.15, 0.2) is 0 Å². The van der Waals surface area contributed by atoms with Crippen molar-refractivity contribution in [1.29, 1.82) is 0 Å². The van der Waals surface area contributed by atoms with Gasteiger partial charge in [-0.1, -0.05) is 11.6 Å². The van der Waals surface area contributed by atoms with Crippen LogP contribution in [0.1, 0.15) is 5.69 Å². The number of hydrogen-bond acceptors (Lipinski definition) is 4. The van der Waals surface area contributed by atoms with E-state index in [1.807, 2.05) is 13.0 Å². The summed E-state index contributed by atoms with van der Waals surface area (Å²) in [5, 5.41) is 2.84. The molecule has 1 N–H and O–H groups in total. The molecule has 5 nitrogen and oxygen atoms in total. The minimum absolute atomic E-state index is 0.334. The normalized spacial score (nSPS) is 10.5. The lowest BCUT2D eigenvalue weighted by atomic mass is 9.99. The first kappa shape index (κ1) is 17.8. The van der Waals surface area contributed by atoms with Crippen LogP contribution in [-0.4, -0.2) is 23.2 Å². The summed E-state index contributed by atoms with van der Waals surface area (Å²) in [6.07, 6.45) is 2.63. The van der Waals surface area contributed by atoms with Crippen LogP contribution in [0.5, 0.6) is 0 Å². The van der Waals surface area contributed by atoms with Crippen LogP contribution in [0.3, 0.4) is 0 Å². The van der Waals surface area contributed by atoms with Crippen molar-refractivity contribution in [3.05, 3.63) is 65.3 Å². The third kappa shape index (κ3) is 3.81. The summed E-state index contributed by atoms with van der Waals surface area (Å²) in [5.41, 5.74) is 3.31. The van der Waals surface area contributed by atoms with Crippen LogP contribution >= 0.6 is 11.6 Å². The summed E-state index contributed by atoms with van der Waals surface area (Å²) in [6.45, 7) is 1.81. The van der Waals surface area contributed by atoms with Crippen molar-refractivity contribution in [3.63, 3.8) is 0 Å². The molecule has 0 aliphatic rings. The van der Waals surface area contributed by atoms with Crippen LogP contribution in [0.15, 0.2) is 48.8 Å². The van der Waals surface area contributed by atoms with Gasteiger partial charge in [0.05, 0.1) is 7.11 Å². The van der Waals surface area contributed by atoms with E-state index in [1.54, 1.807) is 36.7 Å². The number of nitrogens with zero attached hydrogens (tertiary/aromatic N) is 2. The Labute approximate surface area is 154 Å². The maximum Gasteiger partial charge on any atom is 0.412 e. The van der Waals surface area contributed by atoms with E-state index in [1.165, 1.54) is 13.2 Å². The van der Waals surface area contributed by atoms with Gasteiger partial charge in [-0.05, 0) is 48.9 Å². The van der Waals surface area contributed by atoms with Gasteiger partial charge in [-0.25, -0.2) is 14.2 Å². The van der Waals surface area contributed by atoms with Crippen molar-refractivity contribution >= 4 is 23.5 Å². The molecular weight excluding hydrogens is 357 g/mol. The summed E-state index contributed by atoms with van der Waals surface area (Å²) in [7, 11) is 1.27. The quantitative estimate of drug-likeness (QED) is 0.696. The van der Waals surface area contributed by atoms with Gasteiger partial charge in [-0.15, -0.1) is 0 Å².